The average Bonchev–Trinajstić information content (AvgIpc) is 2.74. The van der Waals surface area contributed by atoms with Gasteiger partial charge in [-0.3, -0.25) is 0 Å². The van der Waals surface area contributed by atoms with Crippen LogP contribution in [0.5, 0.6) is 0 Å². The summed E-state index contributed by atoms with van der Waals surface area (Å²) >= 11 is 13.2. The highest BCUT2D eigenvalue weighted by Crippen LogP contribution is 2.25. The summed E-state index contributed by atoms with van der Waals surface area (Å²) in [4.78, 5) is 2.76. The molecule has 0 aliphatic heterocycles. The topological polar surface area (TPSA) is 0 Å². The van der Waals surface area contributed by atoms with Crippen LogP contribution in [0.2, 0.25) is 0 Å². The van der Waals surface area contributed by atoms with E-state index >= 15 is 0 Å². The van der Waals surface area contributed by atoms with E-state index in [1.165, 1.54) is 5.57 Å². The number of allylic oxidation sites excluding steroid dienone is 10. The first kappa shape index (κ1) is 18.1. The van der Waals surface area contributed by atoms with Crippen molar-refractivity contribution < 1.29 is 0 Å². The molecule has 118 valence electrons. The summed E-state index contributed by atoms with van der Waals surface area (Å²) in [6.07, 6.45) is 18.4. The monoisotopic (exact) mass is 356 g/mol. The molecule has 0 radical (unpaired) electrons. The molecule has 1 aliphatic rings. The van der Waals surface area contributed by atoms with Gasteiger partial charge in [-0.25, -0.2) is 0 Å². The maximum atomic E-state index is 4.44. The van der Waals surface area contributed by atoms with E-state index in [4.69, 9.17) is 0 Å². The molecule has 0 N–H and O–H groups in total. The van der Waals surface area contributed by atoms with E-state index in [0.29, 0.717) is 0 Å². The Labute approximate surface area is 155 Å². The predicted molar refractivity (Wildman–Crippen MR) is 112 cm³/mol. The van der Waals surface area contributed by atoms with Gasteiger partial charge in [0.15, 0.2) is 0 Å². The summed E-state index contributed by atoms with van der Waals surface area (Å²) in [6, 6.07) is 6.03. The van der Waals surface area contributed by atoms with Crippen molar-refractivity contribution in [1.29, 1.82) is 0 Å². The van der Waals surface area contributed by atoms with E-state index < -0.39 is 0 Å². The summed E-state index contributed by atoms with van der Waals surface area (Å²) in [7, 11) is 0. The molecule has 0 unspecified atom stereocenters. The standard InChI is InChI=1S/C20H20S3/c1-2-5-16(17-11-13-19(22)20(23)14-17)8-3-6-15-7-4-9-18(21)12-10-15/h2-3,5,7-14,21-23H,1,4,6H2/b8-3-,16-5+. The minimum atomic E-state index is 0.871. The van der Waals surface area contributed by atoms with Gasteiger partial charge in [0.05, 0.1) is 0 Å². The minimum Gasteiger partial charge on any atom is -0.144 e. The molecule has 0 fully saturated rings. The quantitative estimate of drug-likeness (QED) is 0.390. The lowest BCUT2D eigenvalue weighted by molar-refractivity contribution is 1.24. The van der Waals surface area contributed by atoms with Gasteiger partial charge in [0.25, 0.3) is 0 Å². The first-order chi connectivity index (χ1) is 11.1. The van der Waals surface area contributed by atoms with Gasteiger partial charge in [-0.15, -0.1) is 37.9 Å². The van der Waals surface area contributed by atoms with E-state index in [0.717, 1.165) is 38.7 Å². The number of hydrogen-bond acceptors (Lipinski definition) is 3. The largest absolute Gasteiger partial charge is 0.144 e. The van der Waals surface area contributed by atoms with Crippen molar-refractivity contribution in [3.63, 3.8) is 0 Å². The molecule has 1 aliphatic carbocycles. The number of hydrogen-bond donors (Lipinski definition) is 3. The summed E-state index contributed by atoms with van der Waals surface area (Å²) in [5.74, 6) is 0. The second-order valence-electron chi connectivity index (χ2n) is 5.14. The van der Waals surface area contributed by atoms with Gasteiger partial charge in [0, 0.05) is 14.7 Å². The van der Waals surface area contributed by atoms with Crippen LogP contribution in [-0.2, 0) is 0 Å². The summed E-state index contributed by atoms with van der Waals surface area (Å²) < 4.78 is 0. The Hall–Kier alpha value is -1.29. The Kier molecular flexibility index (Phi) is 7.15. The second kappa shape index (κ2) is 9.11. The van der Waals surface area contributed by atoms with Crippen molar-refractivity contribution in [2.24, 2.45) is 0 Å². The summed E-state index contributed by atoms with van der Waals surface area (Å²) in [5.41, 5.74) is 3.50. The zero-order chi connectivity index (χ0) is 16.7. The van der Waals surface area contributed by atoms with Crippen molar-refractivity contribution in [3.05, 3.63) is 89.4 Å². The van der Waals surface area contributed by atoms with Gasteiger partial charge < -0.3 is 0 Å². The predicted octanol–water partition coefficient (Wildman–Crippen LogP) is 6.48. The van der Waals surface area contributed by atoms with Crippen molar-refractivity contribution >= 4 is 43.5 Å². The fraction of sp³-hybridized carbons (Fsp3) is 0.100. The molecule has 0 spiro atoms. The normalized spacial score (nSPS) is 15.3. The van der Waals surface area contributed by atoms with E-state index in [1.807, 2.05) is 30.4 Å². The lowest BCUT2D eigenvalue weighted by Crippen LogP contribution is -1.83. The van der Waals surface area contributed by atoms with Crippen LogP contribution in [0.15, 0.2) is 93.7 Å². The molecule has 3 heteroatoms. The van der Waals surface area contributed by atoms with Crippen LogP contribution in [0, 0.1) is 0 Å². The molecule has 0 bridgehead atoms. The molecule has 0 atom stereocenters. The molecule has 0 amide bonds. The van der Waals surface area contributed by atoms with Crippen molar-refractivity contribution in [1.82, 2.24) is 0 Å². The molecule has 0 nitrogen and oxygen atoms in total. The molecular formula is C20H20S3. The average molecular weight is 357 g/mol. The highest BCUT2D eigenvalue weighted by atomic mass is 32.1. The smallest absolute Gasteiger partial charge is 0.0180 e. The van der Waals surface area contributed by atoms with E-state index in [9.17, 15) is 0 Å². The fourth-order valence-corrected chi connectivity index (χ4v) is 2.74. The van der Waals surface area contributed by atoms with E-state index in [1.54, 1.807) is 6.08 Å². The SMILES string of the molecule is C=C/C=C(\C=C/CC1=CCC=C(S)C=C1)c1ccc(S)c(S)c1. The van der Waals surface area contributed by atoms with E-state index in [2.05, 4.69) is 74.8 Å². The van der Waals surface area contributed by atoms with Crippen LogP contribution >= 0.6 is 37.9 Å². The molecular weight excluding hydrogens is 336 g/mol. The lowest BCUT2D eigenvalue weighted by Gasteiger charge is -2.05. The zero-order valence-electron chi connectivity index (χ0n) is 12.8. The zero-order valence-corrected chi connectivity index (χ0v) is 15.5. The maximum absolute atomic E-state index is 4.44. The highest BCUT2D eigenvalue weighted by Gasteiger charge is 2.01. The fourth-order valence-electron chi connectivity index (χ4n) is 2.21. The molecule has 0 heterocycles. The minimum absolute atomic E-state index is 0.871. The van der Waals surface area contributed by atoms with Gasteiger partial charge >= 0.3 is 0 Å². The van der Waals surface area contributed by atoms with Gasteiger partial charge in [-0.1, -0.05) is 55.2 Å². The number of thiol groups is 3. The molecule has 0 saturated heterocycles. The van der Waals surface area contributed by atoms with Gasteiger partial charge in [-0.05, 0) is 47.8 Å². The number of benzene rings is 1. The van der Waals surface area contributed by atoms with Crippen LogP contribution in [0.1, 0.15) is 18.4 Å². The third-order valence-corrected chi connectivity index (χ3v) is 4.70. The summed E-state index contributed by atoms with van der Waals surface area (Å²) in [5, 5.41) is 0. The third-order valence-electron chi connectivity index (χ3n) is 3.43. The molecule has 1 aromatic carbocycles. The van der Waals surface area contributed by atoms with Crippen LogP contribution < -0.4 is 0 Å². The van der Waals surface area contributed by atoms with Crippen molar-refractivity contribution in [2.75, 3.05) is 0 Å². The first-order valence-electron chi connectivity index (χ1n) is 7.38. The molecule has 1 aromatic rings. The Morgan fingerprint density at radius 3 is 2.65 bits per heavy atom. The van der Waals surface area contributed by atoms with Crippen molar-refractivity contribution in [2.45, 2.75) is 22.6 Å². The van der Waals surface area contributed by atoms with Crippen LogP contribution in [-0.4, -0.2) is 0 Å². The lowest BCUT2D eigenvalue weighted by atomic mass is 10.0. The number of rotatable bonds is 5. The van der Waals surface area contributed by atoms with E-state index in [-0.39, 0.29) is 0 Å². The Bertz CT molecular complexity index is 731. The maximum Gasteiger partial charge on any atom is 0.0180 e. The van der Waals surface area contributed by atoms with Gasteiger partial charge in [0.1, 0.15) is 0 Å². The van der Waals surface area contributed by atoms with Crippen molar-refractivity contribution in [3.8, 4) is 0 Å². The Morgan fingerprint density at radius 1 is 1.09 bits per heavy atom. The summed E-state index contributed by atoms with van der Waals surface area (Å²) in [6.45, 7) is 3.80. The van der Waals surface area contributed by atoms with Gasteiger partial charge in [0.2, 0.25) is 0 Å². The second-order valence-corrected chi connectivity index (χ2v) is 6.62. The third kappa shape index (κ3) is 5.69. The molecule has 23 heavy (non-hydrogen) atoms. The van der Waals surface area contributed by atoms with Gasteiger partial charge in [-0.2, -0.15) is 0 Å². The molecule has 0 aromatic heterocycles. The Morgan fingerprint density at radius 2 is 1.91 bits per heavy atom. The van der Waals surface area contributed by atoms with Crippen LogP contribution in [0.3, 0.4) is 0 Å². The molecule has 0 saturated carbocycles. The highest BCUT2D eigenvalue weighted by molar-refractivity contribution is 7.84. The first-order valence-corrected chi connectivity index (χ1v) is 8.72. The Balaban J connectivity index is 2.12. The molecule has 2 rings (SSSR count). The van der Waals surface area contributed by atoms with Crippen LogP contribution in [0.25, 0.3) is 5.57 Å². The van der Waals surface area contributed by atoms with Crippen LogP contribution in [0.4, 0.5) is 0 Å².